The van der Waals surface area contributed by atoms with Gasteiger partial charge in [0.15, 0.2) is 0 Å². The molecule has 0 aliphatic heterocycles. The van der Waals surface area contributed by atoms with Crippen LogP contribution in [0.1, 0.15) is 53.4 Å². The largest absolute Gasteiger partial charge is 0.330 e. The van der Waals surface area contributed by atoms with E-state index in [0.29, 0.717) is 37.5 Å². The maximum Gasteiger partial charge on any atom is 0.226 e. The van der Waals surface area contributed by atoms with Crippen molar-refractivity contribution in [2.45, 2.75) is 58.8 Å². The molecule has 0 spiro atoms. The fourth-order valence-electron chi connectivity index (χ4n) is 5.60. The van der Waals surface area contributed by atoms with E-state index < -0.39 is 36.3 Å². The Morgan fingerprint density at radius 1 is 0.857 bits per heavy atom. The van der Waals surface area contributed by atoms with Crippen molar-refractivity contribution in [3.63, 3.8) is 0 Å². The third-order valence-electron chi connectivity index (χ3n) is 7.42. The summed E-state index contributed by atoms with van der Waals surface area (Å²) in [5.41, 5.74) is 10.5. The van der Waals surface area contributed by atoms with Gasteiger partial charge in [0.25, 0.3) is 0 Å². The maximum absolute atomic E-state index is 13.1. The van der Waals surface area contributed by atoms with Gasteiger partial charge < -0.3 is 11.5 Å². The lowest BCUT2D eigenvalue weighted by Gasteiger charge is -2.36. The first-order chi connectivity index (χ1) is 12.7. The molecule has 10 heteroatoms. The number of hydrogen-bond acceptors (Lipinski definition) is 6. The van der Waals surface area contributed by atoms with E-state index in [1.165, 1.54) is 0 Å². The third kappa shape index (κ3) is 4.89. The summed E-state index contributed by atoms with van der Waals surface area (Å²) in [6, 6.07) is 0. The summed E-state index contributed by atoms with van der Waals surface area (Å²) in [7, 11) is -8.11. The molecule has 4 unspecified atom stereocenters. The molecule has 0 aromatic carbocycles. The molecule has 0 saturated heterocycles. The van der Waals surface area contributed by atoms with Gasteiger partial charge in [-0.15, -0.1) is 0 Å². The van der Waals surface area contributed by atoms with Gasteiger partial charge in [0, 0.05) is 12.0 Å². The first-order valence-electron chi connectivity index (χ1n) is 10.1. The van der Waals surface area contributed by atoms with E-state index >= 15 is 0 Å². The van der Waals surface area contributed by atoms with Crippen molar-refractivity contribution in [1.29, 1.82) is 0 Å². The molecule has 0 aromatic rings. The van der Waals surface area contributed by atoms with Crippen molar-refractivity contribution >= 4 is 20.0 Å². The van der Waals surface area contributed by atoms with Gasteiger partial charge in [-0.05, 0) is 61.3 Å². The molecule has 2 rings (SSSR count). The van der Waals surface area contributed by atoms with Crippen LogP contribution in [0.4, 0.5) is 0 Å². The SMILES string of the molecule is CC1CC(CN)(C(NS(=O)(=O)CC2(CN)C[C@@H](C)[C@@H](C)C2)S(N)(=O)=O)CC1C. The van der Waals surface area contributed by atoms with Crippen molar-refractivity contribution < 1.29 is 16.8 Å². The number of hydrogen-bond donors (Lipinski definition) is 4. The standard InChI is InChI=1S/C18H38N4O4S2/c1-12-5-17(9-19,6-13(12)2)11-27(23,24)22-16(28(21,25)26)18(10-20)7-14(3)15(4)8-18/h12-16,22H,5-11,19-20H2,1-4H3,(H2,21,25,26)/t12-,13+,14?,15?,16?,17?,18?. The van der Waals surface area contributed by atoms with Crippen LogP contribution in [-0.2, 0) is 20.0 Å². The Balaban J connectivity index is 2.32. The van der Waals surface area contributed by atoms with Crippen molar-refractivity contribution in [2.75, 3.05) is 18.8 Å². The summed E-state index contributed by atoms with van der Waals surface area (Å²) in [4.78, 5) is 0. The Hall–Kier alpha value is -0.260. The van der Waals surface area contributed by atoms with Crippen LogP contribution in [0.3, 0.4) is 0 Å². The second-order valence-electron chi connectivity index (χ2n) is 9.84. The zero-order valence-electron chi connectivity index (χ0n) is 17.5. The van der Waals surface area contributed by atoms with E-state index in [1.807, 2.05) is 13.8 Å². The Bertz CT molecular complexity index is 748. The predicted octanol–water partition coefficient (Wildman–Crippen LogP) is 0.543. The van der Waals surface area contributed by atoms with E-state index in [0.717, 1.165) is 0 Å². The highest BCUT2D eigenvalue weighted by atomic mass is 32.2. The Labute approximate surface area is 170 Å². The molecule has 0 aromatic heterocycles. The van der Waals surface area contributed by atoms with Gasteiger partial charge in [-0.3, -0.25) is 0 Å². The number of sulfonamides is 2. The second-order valence-corrected chi connectivity index (χ2v) is 13.2. The number of primary sulfonamides is 1. The molecule has 2 fully saturated rings. The molecule has 8 nitrogen and oxygen atoms in total. The lowest BCUT2D eigenvalue weighted by molar-refractivity contribution is 0.262. The summed E-state index contributed by atoms with van der Waals surface area (Å²) in [5.74, 6) is 1.04. The van der Waals surface area contributed by atoms with Crippen LogP contribution < -0.4 is 21.3 Å². The second kappa shape index (κ2) is 8.11. The lowest BCUT2D eigenvalue weighted by atomic mass is 9.85. The van der Waals surface area contributed by atoms with Gasteiger partial charge in [0.1, 0.15) is 5.37 Å². The molecule has 2 aliphatic carbocycles. The fourth-order valence-corrected chi connectivity index (χ4v) is 9.38. The highest BCUT2D eigenvalue weighted by Gasteiger charge is 2.53. The Morgan fingerprint density at radius 3 is 1.64 bits per heavy atom. The first-order valence-corrected chi connectivity index (χ1v) is 13.4. The molecule has 2 saturated carbocycles. The third-order valence-corrected chi connectivity index (χ3v) is 10.4. The van der Waals surface area contributed by atoms with E-state index in [-0.39, 0.29) is 30.7 Å². The molecule has 6 atom stereocenters. The molecular formula is C18H38N4O4S2. The summed E-state index contributed by atoms with van der Waals surface area (Å²) in [6.07, 6.45) is 2.46. The van der Waals surface area contributed by atoms with Crippen LogP contribution >= 0.6 is 0 Å². The highest BCUT2D eigenvalue weighted by molar-refractivity contribution is 7.93. The summed E-state index contributed by atoms with van der Waals surface area (Å²) in [5, 5.41) is 4.08. The first kappa shape index (κ1) is 24.0. The van der Waals surface area contributed by atoms with Crippen molar-refractivity contribution in [1.82, 2.24) is 4.72 Å². The topological polar surface area (TPSA) is 158 Å². The van der Waals surface area contributed by atoms with Crippen LogP contribution in [0.5, 0.6) is 0 Å². The molecule has 0 amide bonds. The Kier molecular flexibility index (Phi) is 6.96. The summed E-state index contributed by atoms with van der Waals surface area (Å²) in [6.45, 7) is 8.56. The fraction of sp³-hybridized carbons (Fsp3) is 1.00. The van der Waals surface area contributed by atoms with Gasteiger partial charge >= 0.3 is 0 Å². The average molecular weight is 439 g/mol. The monoisotopic (exact) mass is 438 g/mol. The zero-order valence-corrected chi connectivity index (χ0v) is 19.2. The van der Waals surface area contributed by atoms with Crippen LogP contribution in [0.15, 0.2) is 0 Å². The minimum absolute atomic E-state index is 0.0569. The van der Waals surface area contributed by atoms with Gasteiger partial charge in [0.2, 0.25) is 20.0 Å². The molecule has 166 valence electrons. The van der Waals surface area contributed by atoms with E-state index in [4.69, 9.17) is 16.6 Å². The Morgan fingerprint density at radius 2 is 1.29 bits per heavy atom. The predicted molar refractivity (Wildman–Crippen MR) is 112 cm³/mol. The minimum atomic E-state index is -4.18. The van der Waals surface area contributed by atoms with Crippen molar-refractivity contribution in [2.24, 2.45) is 51.1 Å². The van der Waals surface area contributed by atoms with Crippen LogP contribution in [-0.4, -0.2) is 41.1 Å². The van der Waals surface area contributed by atoms with Crippen molar-refractivity contribution in [3.8, 4) is 0 Å². The molecule has 28 heavy (non-hydrogen) atoms. The molecule has 2 aliphatic rings. The average Bonchev–Trinajstić information content (AvgIpc) is 3.01. The summed E-state index contributed by atoms with van der Waals surface area (Å²) < 4.78 is 53.5. The van der Waals surface area contributed by atoms with E-state index in [9.17, 15) is 16.8 Å². The van der Waals surface area contributed by atoms with E-state index in [1.54, 1.807) is 0 Å². The number of nitrogens with two attached hydrogens (primary N) is 3. The molecule has 0 bridgehead atoms. The van der Waals surface area contributed by atoms with Gasteiger partial charge in [0.05, 0.1) is 5.75 Å². The maximum atomic E-state index is 13.1. The molecule has 7 N–H and O–H groups in total. The highest BCUT2D eigenvalue weighted by Crippen LogP contribution is 2.49. The number of rotatable bonds is 8. The van der Waals surface area contributed by atoms with Crippen LogP contribution in [0, 0.1) is 34.5 Å². The molecule has 0 radical (unpaired) electrons. The number of nitrogens with one attached hydrogen (secondary N) is 1. The van der Waals surface area contributed by atoms with Gasteiger partial charge in [-0.25, -0.2) is 22.0 Å². The normalized spacial score (nSPS) is 40.7. The minimum Gasteiger partial charge on any atom is -0.330 e. The summed E-state index contributed by atoms with van der Waals surface area (Å²) >= 11 is 0. The van der Waals surface area contributed by atoms with Crippen LogP contribution in [0.25, 0.3) is 0 Å². The smallest absolute Gasteiger partial charge is 0.226 e. The lowest BCUT2D eigenvalue weighted by Crippen LogP contribution is -2.58. The van der Waals surface area contributed by atoms with Crippen molar-refractivity contribution in [3.05, 3.63) is 0 Å². The molecule has 0 heterocycles. The molecular weight excluding hydrogens is 400 g/mol. The van der Waals surface area contributed by atoms with Gasteiger partial charge in [-0.2, -0.15) is 4.72 Å². The van der Waals surface area contributed by atoms with Gasteiger partial charge in [-0.1, -0.05) is 27.7 Å². The van der Waals surface area contributed by atoms with E-state index in [2.05, 4.69) is 18.6 Å². The zero-order chi connectivity index (χ0) is 21.5. The quantitative estimate of drug-likeness (QED) is 0.433. The van der Waals surface area contributed by atoms with Crippen LogP contribution in [0.2, 0.25) is 0 Å².